The summed E-state index contributed by atoms with van der Waals surface area (Å²) in [5, 5.41) is 4.21. The van der Waals surface area contributed by atoms with Crippen LogP contribution in [0.15, 0.2) is 6.20 Å². The lowest BCUT2D eigenvalue weighted by molar-refractivity contribution is 0.203. The lowest BCUT2D eigenvalue weighted by Crippen LogP contribution is -2.34. The van der Waals surface area contributed by atoms with Crippen molar-refractivity contribution in [3.05, 3.63) is 11.9 Å². The van der Waals surface area contributed by atoms with Crippen LogP contribution in [0, 0.1) is 0 Å². The van der Waals surface area contributed by atoms with E-state index in [-0.39, 0.29) is 0 Å². The summed E-state index contributed by atoms with van der Waals surface area (Å²) in [6.07, 6.45) is 1.74. The highest BCUT2D eigenvalue weighted by atomic mass is 15.3. The van der Waals surface area contributed by atoms with Crippen LogP contribution < -0.4 is 5.73 Å². The molecule has 66 valence electrons. The number of aromatic nitrogens is 2. The van der Waals surface area contributed by atoms with Crippen LogP contribution in [-0.4, -0.2) is 28.3 Å². The van der Waals surface area contributed by atoms with Crippen molar-refractivity contribution in [2.45, 2.75) is 19.5 Å². The molecule has 0 radical (unpaired) electrons. The molecule has 0 bridgehead atoms. The van der Waals surface area contributed by atoms with Gasteiger partial charge in [-0.05, 0) is 14.0 Å². The minimum atomic E-state index is 0.390. The molecule has 0 saturated carbocycles. The van der Waals surface area contributed by atoms with Gasteiger partial charge in [-0.1, -0.05) is 0 Å². The highest BCUT2D eigenvalue weighted by Crippen LogP contribution is 2.27. The van der Waals surface area contributed by atoms with E-state index in [2.05, 4.69) is 24.0 Å². The first-order valence-corrected chi connectivity index (χ1v) is 4.21. The van der Waals surface area contributed by atoms with Crippen molar-refractivity contribution >= 4 is 5.69 Å². The van der Waals surface area contributed by atoms with E-state index in [1.165, 1.54) is 0 Å². The van der Waals surface area contributed by atoms with Crippen molar-refractivity contribution in [1.82, 2.24) is 14.7 Å². The van der Waals surface area contributed by atoms with Gasteiger partial charge in [0.15, 0.2) is 0 Å². The summed E-state index contributed by atoms with van der Waals surface area (Å²) in [5.41, 5.74) is 7.77. The number of hydrogen-bond donors (Lipinski definition) is 1. The SMILES string of the molecule is C[C@H]1c2c(N)cnn2CCN1C. The molecular formula is C8H14N4. The number of hydrogen-bond acceptors (Lipinski definition) is 3. The molecule has 12 heavy (non-hydrogen) atoms. The fraction of sp³-hybridized carbons (Fsp3) is 0.625. The summed E-state index contributed by atoms with van der Waals surface area (Å²) in [6, 6.07) is 0.390. The monoisotopic (exact) mass is 166 g/mol. The first kappa shape index (κ1) is 7.61. The van der Waals surface area contributed by atoms with Gasteiger partial charge in [0.2, 0.25) is 0 Å². The molecule has 0 aliphatic carbocycles. The quantitative estimate of drug-likeness (QED) is 0.609. The number of fused-ring (bicyclic) bond motifs is 1. The second-order valence-electron chi connectivity index (χ2n) is 3.36. The maximum atomic E-state index is 5.80. The maximum absolute atomic E-state index is 5.80. The maximum Gasteiger partial charge on any atom is 0.0782 e. The molecule has 4 nitrogen and oxygen atoms in total. The van der Waals surface area contributed by atoms with E-state index in [9.17, 15) is 0 Å². The molecule has 0 aromatic carbocycles. The molecule has 2 heterocycles. The summed E-state index contributed by atoms with van der Waals surface area (Å²) in [5.74, 6) is 0. The second kappa shape index (κ2) is 2.48. The smallest absolute Gasteiger partial charge is 0.0782 e. The van der Waals surface area contributed by atoms with Gasteiger partial charge in [0.05, 0.1) is 30.2 Å². The van der Waals surface area contributed by atoms with Crippen LogP contribution in [0.1, 0.15) is 18.7 Å². The minimum Gasteiger partial charge on any atom is -0.396 e. The Kier molecular flexibility index (Phi) is 1.58. The topological polar surface area (TPSA) is 47.1 Å². The number of nitrogens with zero attached hydrogens (tertiary/aromatic N) is 3. The fourth-order valence-corrected chi connectivity index (χ4v) is 1.70. The first-order chi connectivity index (χ1) is 5.70. The molecule has 1 aromatic heterocycles. The summed E-state index contributed by atoms with van der Waals surface area (Å²) < 4.78 is 2.00. The molecule has 0 spiro atoms. The van der Waals surface area contributed by atoms with Crippen molar-refractivity contribution in [3.63, 3.8) is 0 Å². The molecule has 0 saturated heterocycles. The van der Waals surface area contributed by atoms with Gasteiger partial charge in [0, 0.05) is 6.54 Å². The third-order valence-corrected chi connectivity index (χ3v) is 2.63. The third-order valence-electron chi connectivity index (χ3n) is 2.63. The number of likely N-dealkylation sites (N-methyl/N-ethyl adjacent to an activating group) is 1. The predicted molar refractivity (Wildman–Crippen MR) is 47.7 cm³/mol. The van der Waals surface area contributed by atoms with Crippen molar-refractivity contribution < 1.29 is 0 Å². The Morgan fingerprint density at radius 2 is 2.33 bits per heavy atom. The van der Waals surface area contributed by atoms with E-state index >= 15 is 0 Å². The van der Waals surface area contributed by atoms with Gasteiger partial charge < -0.3 is 5.73 Å². The normalized spacial score (nSPS) is 24.0. The molecule has 0 unspecified atom stereocenters. The average molecular weight is 166 g/mol. The van der Waals surface area contributed by atoms with Crippen molar-refractivity contribution in [2.24, 2.45) is 0 Å². The molecule has 2 rings (SSSR count). The Labute approximate surface area is 72.0 Å². The van der Waals surface area contributed by atoms with Gasteiger partial charge in [-0.15, -0.1) is 0 Å². The van der Waals surface area contributed by atoms with E-state index in [0.717, 1.165) is 24.5 Å². The molecule has 4 heteroatoms. The van der Waals surface area contributed by atoms with Gasteiger partial charge in [-0.2, -0.15) is 5.10 Å². The van der Waals surface area contributed by atoms with Crippen molar-refractivity contribution in [1.29, 1.82) is 0 Å². The molecular weight excluding hydrogens is 152 g/mol. The molecule has 0 amide bonds. The van der Waals surface area contributed by atoms with Gasteiger partial charge >= 0.3 is 0 Å². The van der Waals surface area contributed by atoms with Crippen molar-refractivity contribution in [3.8, 4) is 0 Å². The Hall–Kier alpha value is -1.03. The molecule has 1 aromatic rings. The fourth-order valence-electron chi connectivity index (χ4n) is 1.70. The Morgan fingerprint density at radius 3 is 3.08 bits per heavy atom. The first-order valence-electron chi connectivity index (χ1n) is 4.21. The summed E-state index contributed by atoms with van der Waals surface area (Å²) in [7, 11) is 2.11. The molecule has 1 aliphatic rings. The predicted octanol–water partition coefficient (Wildman–Crippen LogP) is 0.472. The summed E-state index contributed by atoms with van der Waals surface area (Å²) in [6.45, 7) is 4.16. The van der Waals surface area contributed by atoms with E-state index in [1.807, 2.05) is 4.68 Å². The number of nitrogen functional groups attached to an aromatic ring is 1. The third kappa shape index (κ3) is 0.914. The van der Waals surface area contributed by atoms with Crippen LogP contribution in [0.2, 0.25) is 0 Å². The van der Waals surface area contributed by atoms with Crippen molar-refractivity contribution in [2.75, 3.05) is 19.3 Å². The van der Waals surface area contributed by atoms with Gasteiger partial charge in [-0.3, -0.25) is 9.58 Å². The zero-order valence-electron chi connectivity index (χ0n) is 7.49. The van der Waals surface area contributed by atoms with Crippen LogP contribution in [0.3, 0.4) is 0 Å². The summed E-state index contributed by atoms with van der Waals surface area (Å²) >= 11 is 0. The van der Waals surface area contributed by atoms with E-state index in [0.29, 0.717) is 6.04 Å². The van der Waals surface area contributed by atoms with E-state index in [4.69, 9.17) is 5.73 Å². The molecule has 1 atom stereocenters. The molecule has 2 N–H and O–H groups in total. The van der Waals surface area contributed by atoms with Crippen LogP contribution in [-0.2, 0) is 6.54 Å². The zero-order valence-corrected chi connectivity index (χ0v) is 7.49. The average Bonchev–Trinajstić information content (AvgIpc) is 2.41. The number of nitrogens with two attached hydrogens (primary N) is 1. The van der Waals surface area contributed by atoms with E-state index < -0.39 is 0 Å². The van der Waals surface area contributed by atoms with Crippen LogP contribution in [0.25, 0.3) is 0 Å². The second-order valence-corrected chi connectivity index (χ2v) is 3.36. The van der Waals surface area contributed by atoms with E-state index in [1.54, 1.807) is 6.20 Å². The zero-order chi connectivity index (χ0) is 8.72. The van der Waals surface area contributed by atoms with Crippen LogP contribution in [0.5, 0.6) is 0 Å². The standard InChI is InChI=1S/C8H14N4/c1-6-8-7(9)5-10-12(8)4-3-11(6)2/h5-6H,3-4,9H2,1-2H3/t6-/m0/s1. The molecule has 1 aliphatic heterocycles. The highest BCUT2D eigenvalue weighted by Gasteiger charge is 2.23. The van der Waals surface area contributed by atoms with Gasteiger partial charge in [-0.25, -0.2) is 0 Å². The van der Waals surface area contributed by atoms with Crippen LogP contribution >= 0.6 is 0 Å². The highest BCUT2D eigenvalue weighted by molar-refractivity contribution is 5.43. The minimum absolute atomic E-state index is 0.390. The lowest BCUT2D eigenvalue weighted by Gasteiger charge is -2.30. The Bertz CT molecular complexity index is 291. The molecule has 0 fully saturated rings. The van der Waals surface area contributed by atoms with Crippen LogP contribution in [0.4, 0.5) is 5.69 Å². The lowest BCUT2D eigenvalue weighted by atomic mass is 10.1. The van der Waals surface area contributed by atoms with Gasteiger partial charge in [0.1, 0.15) is 0 Å². The summed E-state index contributed by atoms with van der Waals surface area (Å²) in [4.78, 5) is 2.29. The Balaban J connectivity index is 2.45. The largest absolute Gasteiger partial charge is 0.396 e. The number of anilines is 1. The number of rotatable bonds is 0. The Morgan fingerprint density at radius 1 is 1.58 bits per heavy atom. The van der Waals surface area contributed by atoms with Gasteiger partial charge in [0.25, 0.3) is 0 Å².